The van der Waals surface area contributed by atoms with Gasteiger partial charge in [-0.25, -0.2) is 0 Å². The van der Waals surface area contributed by atoms with Crippen LogP contribution in [0.25, 0.3) is 5.65 Å². The van der Waals surface area contributed by atoms with Crippen LogP contribution in [0.5, 0.6) is 0 Å². The molecule has 3 aromatic rings. The van der Waals surface area contributed by atoms with Gasteiger partial charge in [0.2, 0.25) is 11.9 Å². The molecule has 0 saturated carbocycles. The van der Waals surface area contributed by atoms with Crippen LogP contribution in [0.4, 0.5) is 23.1 Å². The summed E-state index contributed by atoms with van der Waals surface area (Å²) in [5.41, 5.74) is 2.91. The highest BCUT2D eigenvalue weighted by Crippen LogP contribution is 2.38. The minimum atomic E-state index is -0.507. The molecule has 26 heavy (non-hydrogen) atoms. The molecule has 2 aromatic heterocycles. The zero-order chi connectivity index (χ0) is 18.5. The van der Waals surface area contributed by atoms with E-state index in [0.29, 0.717) is 12.0 Å². The number of amides is 1. The summed E-state index contributed by atoms with van der Waals surface area (Å²) in [4.78, 5) is 16.6. The predicted octanol–water partition coefficient (Wildman–Crippen LogP) is 3.52. The molecule has 0 spiro atoms. The van der Waals surface area contributed by atoms with E-state index in [4.69, 9.17) is 0 Å². The fourth-order valence-corrected chi connectivity index (χ4v) is 3.16. The van der Waals surface area contributed by atoms with Crippen LogP contribution in [0.2, 0.25) is 0 Å². The summed E-state index contributed by atoms with van der Waals surface area (Å²) in [6.45, 7) is 8.01. The Bertz CT molecular complexity index is 1000. The third-order valence-electron chi connectivity index (χ3n) is 4.56. The average molecular weight is 350 g/mol. The lowest BCUT2D eigenvalue weighted by Gasteiger charge is -2.15. The highest BCUT2D eigenvalue weighted by Gasteiger charge is 2.38. The van der Waals surface area contributed by atoms with Gasteiger partial charge in [-0.2, -0.15) is 9.50 Å². The van der Waals surface area contributed by atoms with Crippen LogP contribution >= 0.6 is 0 Å². The van der Waals surface area contributed by atoms with E-state index in [1.54, 1.807) is 4.52 Å². The molecule has 0 radical (unpaired) electrons. The van der Waals surface area contributed by atoms with Crippen molar-refractivity contribution in [2.45, 2.75) is 39.2 Å². The summed E-state index contributed by atoms with van der Waals surface area (Å²) < 4.78 is 1.78. The van der Waals surface area contributed by atoms with Gasteiger partial charge in [0.15, 0.2) is 5.65 Å². The molecular weight excluding hydrogens is 328 g/mol. The van der Waals surface area contributed by atoms with Crippen LogP contribution in [0, 0.1) is 0 Å². The molecule has 3 heterocycles. The normalized spacial score (nSPS) is 15.2. The maximum absolute atomic E-state index is 12.1. The maximum Gasteiger partial charge on any atom is 0.247 e. The summed E-state index contributed by atoms with van der Waals surface area (Å²) in [5, 5.41) is 14.1. The van der Waals surface area contributed by atoms with Gasteiger partial charge >= 0.3 is 0 Å². The van der Waals surface area contributed by atoms with Gasteiger partial charge in [-0.1, -0.05) is 12.1 Å². The van der Waals surface area contributed by atoms with Crippen molar-refractivity contribution in [3.8, 4) is 0 Å². The zero-order valence-electron chi connectivity index (χ0n) is 15.3. The molecule has 1 aromatic carbocycles. The number of hydrogen-bond donors (Lipinski definition) is 3. The highest BCUT2D eigenvalue weighted by atomic mass is 16.2. The van der Waals surface area contributed by atoms with Crippen molar-refractivity contribution in [3.63, 3.8) is 0 Å². The summed E-state index contributed by atoms with van der Waals surface area (Å²) in [6, 6.07) is 12.0. The summed E-state index contributed by atoms with van der Waals surface area (Å²) in [7, 11) is 0. The van der Waals surface area contributed by atoms with Crippen molar-refractivity contribution < 1.29 is 4.79 Å². The van der Waals surface area contributed by atoms with Crippen molar-refractivity contribution in [1.82, 2.24) is 14.6 Å². The standard InChI is InChI=1S/C19H22N6O/c1-11(2)20-15-6-5-7-16-23-18(24-25(15)16)21-12-8-9-13-14(10-12)22-17(26)19(13,3)4/h5-11,20H,1-4H3,(H,21,24)(H,22,26). The van der Waals surface area contributed by atoms with E-state index in [1.165, 1.54) is 0 Å². The third-order valence-corrected chi connectivity index (χ3v) is 4.56. The van der Waals surface area contributed by atoms with Gasteiger partial charge in [0, 0.05) is 17.4 Å². The van der Waals surface area contributed by atoms with E-state index < -0.39 is 5.41 Å². The molecule has 7 heteroatoms. The molecule has 0 unspecified atom stereocenters. The first-order valence-electron chi connectivity index (χ1n) is 8.70. The lowest BCUT2D eigenvalue weighted by atomic mass is 9.86. The quantitative estimate of drug-likeness (QED) is 0.670. The van der Waals surface area contributed by atoms with Crippen molar-refractivity contribution >= 4 is 34.7 Å². The van der Waals surface area contributed by atoms with E-state index >= 15 is 0 Å². The predicted molar refractivity (Wildman–Crippen MR) is 103 cm³/mol. The van der Waals surface area contributed by atoms with E-state index in [0.717, 1.165) is 28.4 Å². The number of benzene rings is 1. The van der Waals surface area contributed by atoms with Crippen molar-refractivity contribution in [3.05, 3.63) is 42.0 Å². The van der Waals surface area contributed by atoms with Gasteiger partial charge in [0.1, 0.15) is 5.82 Å². The van der Waals surface area contributed by atoms with Crippen LogP contribution in [-0.2, 0) is 10.2 Å². The Balaban J connectivity index is 1.64. The molecule has 0 saturated heterocycles. The van der Waals surface area contributed by atoms with Gasteiger partial charge in [-0.15, -0.1) is 5.10 Å². The van der Waals surface area contributed by atoms with Crippen LogP contribution in [0.1, 0.15) is 33.3 Å². The van der Waals surface area contributed by atoms with Gasteiger partial charge < -0.3 is 16.0 Å². The lowest BCUT2D eigenvalue weighted by molar-refractivity contribution is -0.119. The number of nitrogens with one attached hydrogen (secondary N) is 3. The van der Waals surface area contributed by atoms with E-state index in [9.17, 15) is 4.79 Å². The lowest BCUT2D eigenvalue weighted by Crippen LogP contribution is -2.26. The molecule has 1 aliphatic rings. The van der Waals surface area contributed by atoms with Crippen LogP contribution in [-0.4, -0.2) is 26.5 Å². The van der Waals surface area contributed by atoms with Crippen molar-refractivity contribution in [1.29, 1.82) is 0 Å². The minimum absolute atomic E-state index is 0.0138. The number of anilines is 4. The van der Waals surface area contributed by atoms with Gasteiger partial charge in [-0.3, -0.25) is 4.79 Å². The Morgan fingerprint density at radius 2 is 2.00 bits per heavy atom. The molecule has 1 amide bonds. The zero-order valence-corrected chi connectivity index (χ0v) is 15.3. The maximum atomic E-state index is 12.1. The molecule has 1 aliphatic heterocycles. The molecule has 0 aliphatic carbocycles. The molecule has 3 N–H and O–H groups in total. The van der Waals surface area contributed by atoms with Gasteiger partial charge in [0.05, 0.1) is 5.41 Å². The average Bonchev–Trinajstić information content (AvgIpc) is 3.06. The van der Waals surface area contributed by atoms with Crippen LogP contribution < -0.4 is 16.0 Å². The summed E-state index contributed by atoms with van der Waals surface area (Å²) in [5.74, 6) is 1.41. The van der Waals surface area contributed by atoms with Crippen LogP contribution in [0.15, 0.2) is 36.4 Å². The number of pyridine rings is 1. The Morgan fingerprint density at radius 1 is 1.19 bits per heavy atom. The molecule has 4 rings (SSSR count). The molecular formula is C19H22N6O. The fourth-order valence-electron chi connectivity index (χ4n) is 3.16. The van der Waals surface area contributed by atoms with E-state index in [1.807, 2.05) is 50.2 Å². The minimum Gasteiger partial charge on any atom is -0.368 e. The first-order valence-corrected chi connectivity index (χ1v) is 8.70. The highest BCUT2D eigenvalue weighted by molar-refractivity contribution is 6.06. The second kappa shape index (κ2) is 5.72. The van der Waals surface area contributed by atoms with Gasteiger partial charge in [0.25, 0.3) is 0 Å². The molecule has 0 atom stereocenters. The first-order chi connectivity index (χ1) is 12.3. The number of fused-ring (bicyclic) bond motifs is 2. The SMILES string of the molecule is CC(C)Nc1cccc2nc(Nc3ccc4c(c3)NC(=O)C4(C)C)nn12. The second-order valence-corrected chi connectivity index (χ2v) is 7.38. The Kier molecular flexibility index (Phi) is 3.61. The van der Waals surface area contributed by atoms with Crippen molar-refractivity contribution in [2.24, 2.45) is 0 Å². The topological polar surface area (TPSA) is 83.4 Å². The molecule has 0 fully saturated rings. The summed E-state index contributed by atoms with van der Waals surface area (Å²) in [6.07, 6.45) is 0. The number of carbonyl (C=O) groups excluding carboxylic acids is 1. The smallest absolute Gasteiger partial charge is 0.247 e. The Labute approximate surface area is 151 Å². The number of hydrogen-bond acceptors (Lipinski definition) is 5. The first kappa shape index (κ1) is 16.4. The number of carbonyl (C=O) groups is 1. The largest absolute Gasteiger partial charge is 0.368 e. The van der Waals surface area contributed by atoms with E-state index in [-0.39, 0.29) is 5.91 Å². The third kappa shape index (κ3) is 2.65. The molecule has 0 bridgehead atoms. The Hall–Kier alpha value is -3.09. The van der Waals surface area contributed by atoms with Gasteiger partial charge in [-0.05, 0) is 57.5 Å². The monoisotopic (exact) mass is 350 g/mol. The second-order valence-electron chi connectivity index (χ2n) is 7.38. The molecule has 7 nitrogen and oxygen atoms in total. The number of nitrogens with zero attached hydrogens (tertiary/aromatic N) is 3. The van der Waals surface area contributed by atoms with Crippen LogP contribution in [0.3, 0.4) is 0 Å². The van der Waals surface area contributed by atoms with Crippen molar-refractivity contribution in [2.75, 3.05) is 16.0 Å². The number of rotatable bonds is 4. The van der Waals surface area contributed by atoms with E-state index in [2.05, 4.69) is 39.9 Å². The Morgan fingerprint density at radius 3 is 2.77 bits per heavy atom. The summed E-state index contributed by atoms with van der Waals surface area (Å²) >= 11 is 0. The fraction of sp³-hybridized carbons (Fsp3) is 0.316. The molecule has 134 valence electrons. The number of aromatic nitrogens is 3.